The van der Waals surface area contributed by atoms with Gasteiger partial charge in [-0.1, -0.05) is 95.6 Å². The third kappa shape index (κ3) is 6.12. The summed E-state index contributed by atoms with van der Waals surface area (Å²) in [5, 5.41) is 13.3. The molecular formula is C36H45F4NO3. The molecule has 44 heavy (non-hydrogen) atoms. The number of carbonyl (C=O) groups is 1. The molecule has 4 nitrogen and oxygen atoms in total. The number of carboxylic acid groups (broad SMARTS) is 1. The predicted molar refractivity (Wildman–Crippen MR) is 161 cm³/mol. The van der Waals surface area contributed by atoms with Crippen molar-refractivity contribution in [2.24, 2.45) is 11.8 Å². The standard InChI is InChI=1S/C36H45F4NO3/c37-28-19-18-27(36(38,39)40)30-32(28)44-33(35(30)20-10-6-3-7-11-21-35)29-22-26(23-12-8-4-1-2-5-9-13-23)31(41-29)24-14-16-25(17-15-24)34(42)43/h14-19,23,26,29,31,33,41H,1-13,20-22H2,(H,42,43). The SMILES string of the molecule is O=C(O)c1ccc(C2NC(C3Oc4c(F)ccc(C(F)(F)F)c4C34CCCCCCC4)CC2C2CCCCCCCC2)cc1. The van der Waals surface area contributed by atoms with Crippen LogP contribution in [-0.4, -0.2) is 23.2 Å². The highest BCUT2D eigenvalue weighted by atomic mass is 19.4. The number of hydrogen-bond acceptors (Lipinski definition) is 3. The zero-order valence-electron chi connectivity index (χ0n) is 25.4. The highest BCUT2D eigenvalue weighted by Crippen LogP contribution is 2.58. The first-order valence-electron chi connectivity index (χ1n) is 16.9. The number of hydrogen-bond donors (Lipinski definition) is 2. The summed E-state index contributed by atoms with van der Waals surface area (Å²) in [6, 6.07) is 8.51. The third-order valence-corrected chi connectivity index (χ3v) is 11.2. The van der Waals surface area contributed by atoms with Crippen LogP contribution in [0.5, 0.6) is 5.75 Å². The van der Waals surface area contributed by atoms with E-state index in [0.717, 1.165) is 81.9 Å². The van der Waals surface area contributed by atoms with E-state index in [9.17, 15) is 23.1 Å². The second-order valence-corrected chi connectivity index (χ2v) is 13.8. The zero-order chi connectivity index (χ0) is 30.9. The van der Waals surface area contributed by atoms with Crippen LogP contribution in [0.3, 0.4) is 0 Å². The van der Waals surface area contributed by atoms with Crippen molar-refractivity contribution in [3.05, 3.63) is 64.5 Å². The van der Waals surface area contributed by atoms with Crippen LogP contribution in [-0.2, 0) is 11.6 Å². The van der Waals surface area contributed by atoms with Gasteiger partial charge in [0.1, 0.15) is 6.10 Å². The quantitative estimate of drug-likeness (QED) is 0.336. The number of rotatable bonds is 4. The van der Waals surface area contributed by atoms with E-state index in [1.807, 2.05) is 12.1 Å². The fourth-order valence-corrected chi connectivity index (χ4v) is 9.12. The fraction of sp³-hybridized carbons (Fsp3) is 0.639. The Morgan fingerprint density at radius 1 is 0.841 bits per heavy atom. The largest absolute Gasteiger partial charge is 0.484 e. The van der Waals surface area contributed by atoms with E-state index < -0.39 is 35.0 Å². The van der Waals surface area contributed by atoms with Crippen molar-refractivity contribution in [3.63, 3.8) is 0 Å². The molecule has 8 heteroatoms. The summed E-state index contributed by atoms with van der Waals surface area (Å²) in [5.41, 5.74) is -0.436. The smallest absolute Gasteiger partial charge is 0.416 e. The number of fused-ring (bicyclic) bond motifs is 2. The maximum absolute atomic E-state index is 15.4. The van der Waals surface area contributed by atoms with Gasteiger partial charge in [-0.25, -0.2) is 9.18 Å². The van der Waals surface area contributed by atoms with Gasteiger partial charge in [0.2, 0.25) is 0 Å². The van der Waals surface area contributed by atoms with E-state index in [4.69, 9.17) is 4.74 Å². The van der Waals surface area contributed by atoms with Crippen molar-refractivity contribution >= 4 is 5.97 Å². The first kappa shape index (κ1) is 31.4. The molecule has 2 aromatic rings. The normalized spacial score (nSPS) is 28.3. The van der Waals surface area contributed by atoms with Crippen molar-refractivity contribution in [2.45, 2.75) is 133 Å². The molecule has 2 N–H and O–H groups in total. The molecular weight excluding hydrogens is 570 g/mol. The summed E-state index contributed by atoms with van der Waals surface area (Å²) in [6.45, 7) is 0. The Kier molecular flexibility index (Phi) is 9.28. The zero-order valence-corrected chi connectivity index (χ0v) is 25.4. The predicted octanol–water partition coefficient (Wildman–Crippen LogP) is 9.76. The molecule has 0 radical (unpaired) electrons. The summed E-state index contributed by atoms with van der Waals surface area (Å²) < 4.78 is 65.5. The van der Waals surface area contributed by atoms with Crippen molar-refractivity contribution in [1.82, 2.24) is 5.32 Å². The molecule has 0 aromatic heterocycles. The van der Waals surface area contributed by atoms with Gasteiger partial charge in [-0.3, -0.25) is 0 Å². The van der Waals surface area contributed by atoms with Gasteiger partial charge in [0.15, 0.2) is 11.6 Å². The van der Waals surface area contributed by atoms with Crippen LogP contribution in [0.1, 0.15) is 136 Å². The van der Waals surface area contributed by atoms with Gasteiger partial charge in [0, 0.05) is 23.1 Å². The Hall–Kier alpha value is -2.61. The molecule has 2 aliphatic carbocycles. The van der Waals surface area contributed by atoms with Crippen LogP contribution < -0.4 is 10.1 Å². The number of nitrogens with one attached hydrogen (secondary N) is 1. The second-order valence-electron chi connectivity index (χ2n) is 13.8. The molecule has 0 bridgehead atoms. The lowest BCUT2D eigenvalue weighted by molar-refractivity contribution is -0.138. The molecule has 2 heterocycles. The average molecular weight is 616 g/mol. The maximum atomic E-state index is 15.4. The molecule has 1 spiro atoms. The van der Waals surface area contributed by atoms with E-state index in [-0.39, 0.29) is 34.9 Å². The fourth-order valence-electron chi connectivity index (χ4n) is 9.12. The molecule has 240 valence electrons. The maximum Gasteiger partial charge on any atom is 0.416 e. The minimum atomic E-state index is -4.61. The highest BCUT2D eigenvalue weighted by molar-refractivity contribution is 5.87. The number of ether oxygens (including phenoxy) is 1. The van der Waals surface area contributed by atoms with Crippen molar-refractivity contribution in [2.75, 3.05) is 0 Å². The summed E-state index contributed by atoms with van der Waals surface area (Å²) in [6.07, 6.45) is 10.6. The Labute approximate surface area is 258 Å². The molecule has 2 aromatic carbocycles. The van der Waals surface area contributed by atoms with Crippen LogP contribution in [0, 0.1) is 17.7 Å². The van der Waals surface area contributed by atoms with E-state index >= 15 is 4.39 Å². The lowest BCUT2D eigenvalue weighted by Crippen LogP contribution is -2.50. The molecule has 4 aliphatic rings. The molecule has 0 amide bonds. The van der Waals surface area contributed by atoms with E-state index in [0.29, 0.717) is 18.8 Å². The van der Waals surface area contributed by atoms with Crippen molar-refractivity contribution < 1.29 is 32.2 Å². The molecule has 6 rings (SSSR count). The number of alkyl halides is 3. The van der Waals surface area contributed by atoms with Gasteiger partial charge in [-0.2, -0.15) is 13.2 Å². The summed E-state index contributed by atoms with van der Waals surface area (Å²) in [5.74, 6) is -1.25. The minimum absolute atomic E-state index is 0.0342. The molecule has 2 aliphatic heterocycles. The summed E-state index contributed by atoms with van der Waals surface area (Å²) in [4.78, 5) is 11.6. The van der Waals surface area contributed by atoms with Crippen LogP contribution in [0.2, 0.25) is 0 Å². The topological polar surface area (TPSA) is 58.6 Å². The molecule has 1 saturated heterocycles. The lowest BCUT2D eigenvalue weighted by Gasteiger charge is -2.40. The van der Waals surface area contributed by atoms with Gasteiger partial charge in [0.05, 0.1) is 11.1 Å². The van der Waals surface area contributed by atoms with E-state index in [1.54, 1.807) is 12.1 Å². The molecule has 4 atom stereocenters. The molecule has 3 fully saturated rings. The van der Waals surface area contributed by atoms with Crippen molar-refractivity contribution in [1.29, 1.82) is 0 Å². The molecule has 2 saturated carbocycles. The Balaban J connectivity index is 1.40. The summed E-state index contributed by atoms with van der Waals surface area (Å²) >= 11 is 0. The van der Waals surface area contributed by atoms with Crippen LogP contribution in [0.15, 0.2) is 36.4 Å². The minimum Gasteiger partial charge on any atom is -0.484 e. The Bertz CT molecular complexity index is 1290. The Morgan fingerprint density at radius 2 is 1.43 bits per heavy atom. The first-order valence-corrected chi connectivity index (χ1v) is 16.9. The van der Waals surface area contributed by atoms with Crippen molar-refractivity contribution in [3.8, 4) is 5.75 Å². The van der Waals surface area contributed by atoms with Gasteiger partial charge in [0.25, 0.3) is 0 Å². The van der Waals surface area contributed by atoms with Gasteiger partial charge in [-0.05, 0) is 60.9 Å². The van der Waals surface area contributed by atoms with Crippen LogP contribution >= 0.6 is 0 Å². The van der Waals surface area contributed by atoms with Gasteiger partial charge in [-0.15, -0.1) is 0 Å². The Morgan fingerprint density at radius 3 is 2.02 bits per heavy atom. The van der Waals surface area contributed by atoms with Crippen LogP contribution in [0.4, 0.5) is 17.6 Å². The van der Waals surface area contributed by atoms with Crippen LogP contribution in [0.25, 0.3) is 0 Å². The summed E-state index contributed by atoms with van der Waals surface area (Å²) in [7, 11) is 0. The highest BCUT2D eigenvalue weighted by Gasteiger charge is 2.58. The first-order chi connectivity index (χ1) is 21.2. The number of benzene rings is 2. The number of carboxylic acids is 1. The number of aromatic carboxylic acids is 1. The second kappa shape index (κ2) is 13.0. The monoisotopic (exact) mass is 615 g/mol. The lowest BCUT2D eigenvalue weighted by atomic mass is 9.65. The number of halogens is 4. The van der Waals surface area contributed by atoms with E-state index in [1.165, 1.54) is 25.7 Å². The third-order valence-electron chi connectivity index (χ3n) is 11.2. The van der Waals surface area contributed by atoms with Gasteiger partial charge < -0.3 is 15.2 Å². The average Bonchev–Trinajstić information content (AvgIpc) is 3.58. The van der Waals surface area contributed by atoms with E-state index in [2.05, 4.69) is 5.32 Å². The van der Waals surface area contributed by atoms with Gasteiger partial charge >= 0.3 is 12.1 Å². The molecule has 4 unspecified atom stereocenters.